The van der Waals surface area contributed by atoms with Crippen molar-refractivity contribution in [2.75, 3.05) is 26.7 Å². The highest BCUT2D eigenvalue weighted by Gasteiger charge is 2.41. The molecule has 0 bridgehead atoms. The third kappa shape index (κ3) is 11.4. The predicted octanol–water partition coefficient (Wildman–Crippen LogP) is 5.20. The van der Waals surface area contributed by atoms with E-state index < -0.39 is 41.6 Å². The molecule has 4 aromatic rings. The fourth-order valence-electron chi connectivity index (χ4n) is 7.25. The zero-order valence-corrected chi connectivity index (χ0v) is 34.2. The number of carbonyl (C=O) groups is 4. The van der Waals surface area contributed by atoms with E-state index in [0.717, 1.165) is 27.6 Å². The summed E-state index contributed by atoms with van der Waals surface area (Å²) in [7, 11) is 1.56. The van der Waals surface area contributed by atoms with Crippen LogP contribution in [0.15, 0.2) is 91.1 Å². The summed E-state index contributed by atoms with van der Waals surface area (Å²) in [5.74, 6) is -0.555. The van der Waals surface area contributed by atoms with Gasteiger partial charge in [-0.15, -0.1) is 0 Å². The molecule has 0 unspecified atom stereocenters. The third-order valence-electron chi connectivity index (χ3n) is 10.6. The lowest BCUT2D eigenvalue weighted by Crippen LogP contribution is -2.60. The van der Waals surface area contributed by atoms with Crippen molar-refractivity contribution in [2.24, 2.45) is 11.3 Å². The van der Waals surface area contributed by atoms with Crippen LogP contribution in [0.2, 0.25) is 0 Å². The molecular weight excluding hydrogens is 739 g/mol. The fourth-order valence-corrected chi connectivity index (χ4v) is 7.25. The number of urea groups is 1. The first-order chi connectivity index (χ1) is 27.7. The van der Waals surface area contributed by atoms with Gasteiger partial charge in [0.1, 0.15) is 17.8 Å². The number of carboxylic acid groups (broad SMARTS) is 1. The number of hydrazine groups is 1. The van der Waals surface area contributed by atoms with Crippen molar-refractivity contribution >= 4 is 34.8 Å². The van der Waals surface area contributed by atoms with Gasteiger partial charge in [-0.1, -0.05) is 102 Å². The number of ether oxygens (including phenoxy) is 1. The van der Waals surface area contributed by atoms with Crippen molar-refractivity contribution in [3.05, 3.63) is 108 Å². The predicted molar refractivity (Wildman–Crippen MR) is 222 cm³/mol. The van der Waals surface area contributed by atoms with Crippen LogP contribution < -0.4 is 20.8 Å². The number of para-hydroxylation sites is 1. The van der Waals surface area contributed by atoms with Gasteiger partial charge in [-0.05, 0) is 58.7 Å². The number of methoxy groups -OCH3 is 1. The Morgan fingerprint density at radius 2 is 1.60 bits per heavy atom. The van der Waals surface area contributed by atoms with E-state index in [-0.39, 0.29) is 37.4 Å². The molecule has 5 amide bonds. The number of pyridine rings is 1. The van der Waals surface area contributed by atoms with Crippen LogP contribution in [0, 0.1) is 11.3 Å². The maximum atomic E-state index is 14.5. The van der Waals surface area contributed by atoms with Crippen molar-refractivity contribution in [3.8, 4) is 5.75 Å². The molecule has 1 aromatic heterocycles. The maximum absolute atomic E-state index is 14.5. The van der Waals surface area contributed by atoms with Crippen LogP contribution in [0.3, 0.4) is 0 Å². The third-order valence-corrected chi connectivity index (χ3v) is 10.6. The lowest BCUT2D eigenvalue weighted by atomic mass is 9.86. The molecule has 1 aliphatic heterocycles. The van der Waals surface area contributed by atoms with Gasteiger partial charge >= 0.3 is 12.1 Å². The summed E-state index contributed by atoms with van der Waals surface area (Å²) in [4.78, 5) is 61.9. The van der Waals surface area contributed by atoms with Gasteiger partial charge in [0.15, 0.2) is 0 Å². The average molecular weight is 796 g/mol. The summed E-state index contributed by atoms with van der Waals surface area (Å²) in [6.07, 6.45) is 0.0871. The largest absolute Gasteiger partial charge is 0.497 e. The van der Waals surface area contributed by atoms with Crippen molar-refractivity contribution in [2.45, 2.75) is 84.8 Å². The number of carbonyl (C=O) groups excluding carboxylic acids is 3. The van der Waals surface area contributed by atoms with E-state index >= 15 is 0 Å². The normalized spacial score (nSPS) is 15.8. The highest BCUT2D eigenvalue weighted by Crippen LogP contribution is 2.25. The van der Waals surface area contributed by atoms with E-state index in [9.17, 15) is 29.4 Å². The Bertz CT molecular complexity index is 2010. The first kappa shape index (κ1) is 43.4. The fraction of sp³-hybridized carbons (Fsp3) is 0.432. The van der Waals surface area contributed by atoms with Gasteiger partial charge in [-0.25, -0.2) is 14.6 Å². The lowest BCUT2D eigenvalue weighted by Gasteiger charge is -2.36. The molecule has 1 fully saturated rings. The minimum atomic E-state index is -1.34. The van der Waals surface area contributed by atoms with Gasteiger partial charge in [0.25, 0.3) is 5.91 Å². The Morgan fingerprint density at radius 1 is 0.914 bits per heavy atom. The molecule has 5 atom stereocenters. The quantitative estimate of drug-likeness (QED) is 0.0848. The molecule has 1 aliphatic rings. The number of benzene rings is 3. The molecule has 5 rings (SSSR count). The number of fused-ring (bicyclic) bond motifs is 1. The number of aliphatic hydroxyl groups excluding tert-OH is 1. The van der Waals surface area contributed by atoms with Crippen molar-refractivity contribution in [1.29, 1.82) is 0 Å². The number of rotatable bonds is 18. The second-order valence-electron chi connectivity index (χ2n) is 16.1. The molecule has 0 radical (unpaired) electrons. The zero-order valence-electron chi connectivity index (χ0n) is 34.2. The lowest BCUT2D eigenvalue weighted by molar-refractivity contribution is -0.132. The summed E-state index contributed by atoms with van der Waals surface area (Å²) in [5.41, 5.74) is 5.47. The van der Waals surface area contributed by atoms with Gasteiger partial charge in [0.2, 0.25) is 5.91 Å². The van der Waals surface area contributed by atoms with Gasteiger partial charge in [0, 0.05) is 44.3 Å². The number of aliphatic hydroxyl groups is 1. The topological polar surface area (TPSA) is 177 Å². The summed E-state index contributed by atoms with van der Waals surface area (Å²) >= 11 is 0. The molecule has 0 spiro atoms. The Hall–Kier alpha value is -5.73. The number of nitrogens with one attached hydrogen (secondary N) is 3. The van der Waals surface area contributed by atoms with E-state index in [2.05, 4.69) is 21.0 Å². The number of nitrogens with zero attached hydrogens (tertiary/aromatic N) is 4. The molecule has 1 saturated heterocycles. The Kier molecular flexibility index (Phi) is 14.7. The number of aromatic nitrogens is 1. The van der Waals surface area contributed by atoms with Gasteiger partial charge in [-0.3, -0.25) is 20.0 Å². The van der Waals surface area contributed by atoms with Crippen LogP contribution in [0.1, 0.15) is 57.7 Å². The Morgan fingerprint density at radius 3 is 2.26 bits per heavy atom. The minimum absolute atomic E-state index is 0.135. The number of hydrogen-bond acceptors (Lipinski definition) is 8. The first-order valence-electron chi connectivity index (χ1n) is 19.8. The molecule has 0 aliphatic carbocycles. The highest BCUT2D eigenvalue weighted by atomic mass is 16.5. The first-order valence-corrected chi connectivity index (χ1v) is 19.8. The summed E-state index contributed by atoms with van der Waals surface area (Å²) in [5, 5.41) is 29.5. The SMILES string of the molecule is CC[C@H](C)[C@@H](C(=O)N[C@@H](Cc1ccccc1)[C@@H](O)CN(Cc1ccc(OC)cc1)NC(=O)[C@@H](NC(=O)O)C(C)(C)C)N1CCN(Cc2cnc3ccccc3c2)C1=O. The maximum Gasteiger partial charge on any atom is 0.405 e. The van der Waals surface area contributed by atoms with Crippen molar-refractivity contribution in [3.63, 3.8) is 0 Å². The molecule has 58 heavy (non-hydrogen) atoms. The van der Waals surface area contributed by atoms with E-state index in [4.69, 9.17) is 4.74 Å². The van der Waals surface area contributed by atoms with E-state index in [0.29, 0.717) is 31.8 Å². The van der Waals surface area contributed by atoms with Crippen molar-refractivity contribution < 1.29 is 34.1 Å². The van der Waals surface area contributed by atoms with E-state index in [1.807, 2.05) is 86.6 Å². The molecule has 2 heterocycles. The van der Waals surface area contributed by atoms with Crippen LogP contribution in [0.25, 0.3) is 10.9 Å². The minimum Gasteiger partial charge on any atom is -0.497 e. The molecule has 3 aromatic carbocycles. The Balaban J connectivity index is 1.38. The van der Waals surface area contributed by atoms with Crippen LogP contribution in [0.4, 0.5) is 9.59 Å². The second-order valence-corrected chi connectivity index (χ2v) is 16.1. The molecule has 5 N–H and O–H groups in total. The highest BCUT2D eigenvalue weighted by molar-refractivity contribution is 5.89. The van der Waals surface area contributed by atoms with Crippen LogP contribution in [-0.2, 0) is 29.1 Å². The molecule has 14 heteroatoms. The summed E-state index contributed by atoms with van der Waals surface area (Å²) in [6, 6.07) is 23.5. The molecule has 0 saturated carbocycles. The standard InChI is InChI=1S/C44H57N7O7/c1-7-29(2)38(51-22-21-49(43(51)57)26-32-23-33-15-11-12-16-35(33)45-25-32)40(53)46-36(24-30-13-9-8-10-14-30)37(52)28-50(27-31-17-19-34(58-6)20-18-31)48-41(54)39(44(3,4)5)47-42(55)56/h8-20,23,25,29,36-39,47,52H,7,21-22,24,26-28H2,1-6H3,(H,46,53)(H,48,54)(H,55,56)/t29-,36-,37-,38-,39+/m0/s1. The zero-order chi connectivity index (χ0) is 42.0. The number of hydrogen-bond donors (Lipinski definition) is 5. The van der Waals surface area contributed by atoms with E-state index in [1.165, 1.54) is 5.01 Å². The van der Waals surface area contributed by atoms with Crippen LogP contribution in [0.5, 0.6) is 5.75 Å². The summed E-state index contributed by atoms with van der Waals surface area (Å²) < 4.78 is 5.31. The van der Waals surface area contributed by atoms with Gasteiger partial charge in [0.05, 0.1) is 24.8 Å². The van der Waals surface area contributed by atoms with Crippen molar-refractivity contribution in [1.82, 2.24) is 35.9 Å². The summed E-state index contributed by atoms with van der Waals surface area (Å²) in [6.45, 7) is 10.3. The smallest absolute Gasteiger partial charge is 0.405 e. The van der Waals surface area contributed by atoms with Crippen LogP contribution in [-0.4, -0.2) is 105 Å². The van der Waals surface area contributed by atoms with Crippen LogP contribution >= 0.6 is 0 Å². The molecule has 14 nitrogen and oxygen atoms in total. The molecular formula is C44H57N7O7. The molecule has 310 valence electrons. The average Bonchev–Trinajstić information content (AvgIpc) is 3.54. The van der Waals surface area contributed by atoms with E-state index in [1.54, 1.807) is 56.0 Å². The second kappa shape index (κ2) is 19.6. The number of amides is 5. The monoisotopic (exact) mass is 795 g/mol. The Labute approximate surface area is 340 Å². The van der Waals surface area contributed by atoms with Gasteiger partial charge in [-0.2, -0.15) is 0 Å². The van der Waals surface area contributed by atoms with Gasteiger partial charge < -0.3 is 35.4 Å².